The van der Waals surface area contributed by atoms with Gasteiger partial charge < -0.3 is 10.1 Å². The van der Waals surface area contributed by atoms with Gasteiger partial charge in [0, 0.05) is 23.2 Å². The Bertz CT molecular complexity index is 946. The van der Waals surface area contributed by atoms with E-state index in [4.69, 9.17) is 4.74 Å². The number of esters is 1. The van der Waals surface area contributed by atoms with Crippen LogP contribution in [-0.2, 0) is 27.2 Å². The molecule has 0 aliphatic heterocycles. The van der Waals surface area contributed by atoms with Crippen molar-refractivity contribution in [3.63, 3.8) is 0 Å². The molecular weight excluding hydrogens is 370 g/mol. The van der Waals surface area contributed by atoms with Crippen LogP contribution < -0.4 is 5.32 Å². The Morgan fingerprint density at radius 2 is 1.59 bits per heavy atom. The van der Waals surface area contributed by atoms with Gasteiger partial charge in [0.1, 0.15) is 0 Å². The minimum atomic E-state index is -0.596. The summed E-state index contributed by atoms with van der Waals surface area (Å²) in [4.78, 5) is 47.3. The molecule has 2 aromatic carbocycles. The zero-order valence-corrected chi connectivity index (χ0v) is 16.3. The Morgan fingerprint density at radius 1 is 0.897 bits per heavy atom. The van der Waals surface area contributed by atoms with Crippen LogP contribution in [0.1, 0.15) is 58.0 Å². The molecule has 0 bridgehead atoms. The van der Waals surface area contributed by atoms with Gasteiger partial charge >= 0.3 is 5.97 Å². The van der Waals surface area contributed by atoms with E-state index < -0.39 is 18.5 Å². The number of hydrogen-bond donors (Lipinski definition) is 1. The first-order valence-electron chi connectivity index (χ1n) is 9.64. The summed E-state index contributed by atoms with van der Waals surface area (Å²) in [6.45, 7) is 1.03. The largest absolute Gasteiger partial charge is 0.456 e. The van der Waals surface area contributed by atoms with Crippen molar-refractivity contribution in [2.75, 3.05) is 11.9 Å². The Balaban J connectivity index is 1.40. The fraction of sp³-hybridized carbons (Fsp3) is 0.304. The molecule has 0 saturated heterocycles. The maximum Gasteiger partial charge on any atom is 0.306 e. The van der Waals surface area contributed by atoms with Crippen molar-refractivity contribution in [2.24, 2.45) is 0 Å². The number of carbonyl (C=O) groups is 4. The molecule has 0 heterocycles. The quantitative estimate of drug-likeness (QED) is 0.547. The van der Waals surface area contributed by atoms with Crippen LogP contribution in [-0.4, -0.2) is 30.0 Å². The fourth-order valence-electron chi connectivity index (χ4n) is 3.31. The molecule has 0 radical (unpaired) electrons. The van der Waals surface area contributed by atoms with Crippen molar-refractivity contribution < 1.29 is 23.9 Å². The first kappa shape index (κ1) is 20.5. The molecule has 1 amide bonds. The zero-order valence-electron chi connectivity index (χ0n) is 16.3. The van der Waals surface area contributed by atoms with E-state index in [-0.39, 0.29) is 24.4 Å². The molecule has 0 unspecified atom stereocenters. The maximum absolute atomic E-state index is 12.3. The lowest BCUT2D eigenvalue weighted by atomic mass is 10.0. The van der Waals surface area contributed by atoms with Crippen molar-refractivity contribution in [1.82, 2.24) is 0 Å². The number of Topliss-reactive ketones (excluding diaryl/α,β-unsaturated/α-hetero) is 2. The maximum atomic E-state index is 12.3. The van der Waals surface area contributed by atoms with Crippen LogP contribution >= 0.6 is 0 Å². The Hall–Kier alpha value is -3.28. The third-order valence-corrected chi connectivity index (χ3v) is 4.92. The van der Waals surface area contributed by atoms with Crippen molar-refractivity contribution in [1.29, 1.82) is 0 Å². The average Bonchev–Trinajstić information content (AvgIpc) is 3.18. The molecule has 1 aliphatic carbocycles. The van der Waals surface area contributed by atoms with Gasteiger partial charge in [-0.3, -0.25) is 19.2 Å². The lowest BCUT2D eigenvalue weighted by Gasteiger charge is -2.07. The molecular formula is C23H23NO5. The summed E-state index contributed by atoms with van der Waals surface area (Å²) in [5, 5.41) is 2.58. The number of rotatable bonds is 8. The van der Waals surface area contributed by atoms with Gasteiger partial charge in [0.15, 0.2) is 18.2 Å². The Labute approximate surface area is 169 Å². The summed E-state index contributed by atoms with van der Waals surface area (Å²) in [6, 6.07) is 12.1. The van der Waals surface area contributed by atoms with Crippen molar-refractivity contribution in [3.05, 3.63) is 64.7 Å². The van der Waals surface area contributed by atoms with Gasteiger partial charge in [0.25, 0.3) is 5.91 Å². The van der Waals surface area contributed by atoms with Crippen molar-refractivity contribution >= 4 is 29.1 Å². The summed E-state index contributed by atoms with van der Waals surface area (Å²) in [7, 11) is 0. The SMILES string of the molecule is CC(=O)c1ccc(NC(=O)COC(=O)CCC(=O)c2ccc3c(c2)CCC3)cc1. The number of anilines is 1. The predicted octanol–water partition coefficient (Wildman–Crippen LogP) is 3.52. The summed E-state index contributed by atoms with van der Waals surface area (Å²) >= 11 is 0. The minimum Gasteiger partial charge on any atom is -0.456 e. The van der Waals surface area contributed by atoms with Gasteiger partial charge in [-0.05, 0) is 67.6 Å². The molecule has 1 N–H and O–H groups in total. The highest BCUT2D eigenvalue weighted by molar-refractivity contribution is 5.98. The van der Waals surface area contributed by atoms with Crippen LogP contribution in [0.5, 0.6) is 0 Å². The molecule has 150 valence electrons. The number of ether oxygens (including phenoxy) is 1. The van der Waals surface area contributed by atoms with Crippen LogP contribution in [0.2, 0.25) is 0 Å². The Kier molecular flexibility index (Phi) is 6.54. The lowest BCUT2D eigenvalue weighted by Crippen LogP contribution is -2.21. The second kappa shape index (κ2) is 9.28. The third kappa shape index (κ3) is 5.60. The number of carbonyl (C=O) groups excluding carboxylic acids is 4. The van der Waals surface area contributed by atoms with E-state index in [0.717, 1.165) is 19.3 Å². The minimum absolute atomic E-state index is 0.0474. The van der Waals surface area contributed by atoms with E-state index in [2.05, 4.69) is 5.32 Å². The van der Waals surface area contributed by atoms with Gasteiger partial charge in [-0.2, -0.15) is 0 Å². The third-order valence-electron chi connectivity index (χ3n) is 4.92. The first-order valence-corrected chi connectivity index (χ1v) is 9.64. The van der Waals surface area contributed by atoms with Crippen LogP contribution in [0.3, 0.4) is 0 Å². The predicted molar refractivity (Wildman–Crippen MR) is 108 cm³/mol. The van der Waals surface area contributed by atoms with E-state index in [0.29, 0.717) is 16.8 Å². The number of benzene rings is 2. The summed E-state index contributed by atoms with van der Waals surface area (Å²) < 4.78 is 4.94. The van der Waals surface area contributed by atoms with Gasteiger partial charge in [-0.25, -0.2) is 0 Å². The highest BCUT2D eigenvalue weighted by Gasteiger charge is 2.16. The van der Waals surface area contributed by atoms with Crippen molar-refractivity contribution in [2.45, 2.75) is 39.0 Å². The molecule has 0 saturated carbocycles. The summed E-state index contributed by atoms with van der Waals surface area (Å²) in [6.07, 6.45) is 3.13. The molecule has 0 fully saturated rings. The summed E-state index contributed by atoms with van der Waals surface area (Å²) in [5.41, 5.74) is 4.17. The van der Waals surface area contributed by atoms with Crippen LogP contribution in [0.15, 0.2) is 42.5 Å². The molecule has 0 spiro atoms. The molecule has 0 aromatic heterocycles. The molecule has 0 atom stereocenters. The Morgan fingerprint density at radius 3 is 2.31 bits per heavy atom. The molecule has 1 aliphatic rings. The van der Waals surface area contributed by atoms with E-state index in [1.54, 1.807) is 24.3 Å². The van der Waals surface area contributed by atoms with Gasteiger partial charge in [-0.1, -0.05) is 12.1 Å². The monoisotopic (exact) mass is 393 g/mol. The average molecular weight is 393 g/mol. The number of ketones is 2. The molecule has 29 heavy (non-hydrogen) atoms. The fourth-order valence-corrected chi connectivity index (χ4v) is 3.31. The number of amides is 1. The van der Waals surface area contributed by atoms with Crippen LogP contribution in [0.25, 0.3) is 0 Å². The molecule has 2 aromatic rings. The molecule has 3 rings (SSSR count). The number of hydrogen-bond acceptors (Lipinski definition) is 5. The number of aryl methyl sites for hydroxylation is 2. The lowest BCUT2D eigenvalue weighted by molar-refractivity contribution is -0.147. The van der Waals surface area contributed by atoms with E-state index >= 15 is 0 Å². The highest BCUT2D eigenvalue weighted by atomic mass is 16.5. The van der Waals surface area contributed by atoms with Gasteiger partial charge in [0.2, 0.25) is 0 Å². The van der Waals surface area contributed by atoms with E-state index in [1.165, 1.54) is 18.1 Å². The van der Waals surface area contributed by atoms with E-state index in [1.807, 2.05) is 18.2 Å². The highest BCUT2D eigenvalue weighted by Crippen LogP contribution is 2.23. The second-order valence-corrected chi connectivity index (χ2v) is 7.10. The molecule has 6 nitrogen and oxygen atoms in total. The van der Waals surface area contributed by atoms with Crippen LogP contribution in [0.4, 0.5) is 5.69 Å². The van der Waals surface area contributed by atoms with Crippen molar-refractivity contribution in [3.8, 4) is 0 Å². The standard InChI is InChI=1S/C23H23NO5/c1-15(25)16-7-9-20(10-8-16)24-22(27)14-29-23(28)12-11-21(26)19-6-5-17-3-2-4-18(17)13-19/h5-10,13H,2-4,11-12,14H2,1H3,(H,24,27). The zero-order chi connectivity index (χ0) is 20.8. The smallest absolute Gasteiger partial charge is 0.306 e. The topological polar surface area (TPSA) is 89.5 Å². The normalized spacial score (nSPS) is 12.2. The van der Waals surface area contributed by atoms with Crippen LogP contribution in [0, 0.1) is 0 Å². The molecule has 6 heteroatoms. The number of fused-ring (bicyclic) bond motifs is 1. The summed E-state index contributed by atoms with van der Waals surface area (Å²) in [5.74, 6) is -1.25. The van der Waals surface area contributed by atoms with E-state index in [9.17, 15) is 19.2 Å². The second-order valence-electron chi connectivity index (χ2n) is 7.10. The van der Waals surface area contributed by atoms with Gasteiger partial charge in [-0.15, -0.1) is 0 Å². The first-order chi connectivity index (χ1) is 13.9. The number of nitrogens with one attached hydrogen (secondary N) is 1. The van der Waals surface area contributed by atoms with Gasteiger partial charge in [0.05, 0.1) is 6.42 Å².